The molecule has 0 aliphatic heterocycles. The predicted octanol–water partition coefficient (Wildman–Crippen LogP) is 5.76. The molecule has 0 N–H and O–H groups in total. The second-order valence-electron chi connectivity index (χ2n) is 4.89. The summed E-state index contributed by atoms with van der Waals surface area (Å²) in [6, 6.07) is 7.08. The lowest BCUT2D eigenvalue weighted by atomic mass is 10.1. The lowest BCUT2D eigenvalue weighted by molar-refractivity contribution is -0.135. The molecule has 1 unspecified atom stereocenters. The molecule has 7 heteroatoms. The highest BCUT2D eigenvalue weighted by Crippen LogP contribution is 2.26. The topological polar surface area (TPSA) is 26.3 Å². The largest absolute Gasteiger partial charge is 0.462 e. The van der Waals surface area contributed by atoms with Gasteiger partial charge in [-0.05, 0) is 72.5 Å². The van der Waals surface area contributed by atoms with Crippen LogP contribution in [0.15, 0.2) is 24.3 Å². The summed E-state index contributed by atoms with van der Waals surface area (Å²) in [5.41, 5.74) is 0.511. The minimum absolute atomic E-state index is 0.00567. The molecule has 0 radical (unpaired) electrons. The zero-order valence-corrected chi connectivity index (χ0v) is 16.2. The van der Waals surface area contributed by atoms with Crippen LogP contribution < -0.4 is 0 Å². The molecule has 0 aromatic heterocycles. The molecule has 0 amide bonds. The number of hydrogen-bond donors (Lipinski definition) is 0. The molecule has 0 bridgehead atoms. The average molecular weight is 540 g/mol. The summed E-state index contributed by atoms with van der Waals surface area (Å²) in [4.78, 5) is 11.7. The Hall–Kier alpha value is -0.0600. The van der Waals surface area contributed by atoms with Gasteiger partial charge in [0, 0.05) is 13.9 Å². The zero-order valence-electron chi connectivity index (χ0n) is 11.8. The lowest BCUT2D eigenvalue weighted by Crippen LogP contribution is -2.11. The molecule has 2 nitrogen and oxygen atoms in total. The number of halogens is 5. The maximum Gasteiger partial charge on any atom is 0.389 e. The summed E-state index contributed by atoms with van der Waals surface area (Å²) >= 11 is 4.20. The van der Waals surface area contributed by atoms with Gasteiger partial charge < -0.3 is 4.74 Å². The molecule has 0 spiro atoms. The molecule has 1 aromatic rings. The smallest absolute Gasteiger partial charge is 0.389 e. The van der Waals surface area contributed by atoms with E-state index in [2.05, 4.69) is 45.2 Å². The highest BCUT2D eigenvalue weighted by atomic mass is 127. The van der Waals surface area contributed by atoms with E-state index in [0.29, 0.717) is 25.0 Å². The number of unbranched alkanes of at least 4 members (excludes halogenated alkanes) is 1. The van der Waals surface area contributed by atoms with E-state index in [1.165, 1.54) is 0 Å². The van der Waals surface area contributed by atoms with Gasteiger partial charge in [-0.25, -0.2) is 4.79 Å². The molecule has 1 rings (SSSR count). The van der Waals surface area contributed by atoms with Gasteiger partial charge in [-0.15, -0.1) is 0 Å². The standard InChI is InChI=1S/C15H17F3I2O2/c16-15(17,18)9-8-12(19)3-1-2-10-22-14(21)11-4-6-13(20)7-5-11/h4-7,12H,1-3,8-10H2. The van der Waals surface area contributed by atoms with E-state index in [0.717, 1.165) is 9.99 Å². The number of alkyl halides is 4. The van der Waals surface area contributed by atoms with Gasteiger partial charge in [0.05, 0.1) is 12.2 Å². The van der Waals surface area contributed by atoms with Crippen molar-refractivity contribution in [3.63, 3.8) is 0 Å². The number of esters is 1. The van der Waals surface area contributed by atoms with Crippen molar-refractivity contribution in [1.29, 1.82) is 0 Å². The monoisotopic (exact) mass is 540 g/mol. The van der Waals surface area contributed by atoms with Gasteiger partial charge >= 0.3 is 12.1 Å². The summed E-state index contributed by atoms with van der Waals surface area (Å²) in [5, 5.41) is 0. The third-order valence-electron chi connectivity index (χ3n) is 2.97. The van der Waals surface area contributed by atoms with Gasteiger partial charge in [0.2, 0.25) is 0 Å². The highest BCUT2D eigenvalue weighted by molar-refractivity contribution is 14.1. The number of benzene rings is 1. The first-order valence-electron chi connectivity index (χ1n) is 6.91. The van der Waals surface area contributed by atoms with E-state index < -0.39 is 12.6 Å². The van der Waals surface area contributed by atoms with Crippen LogP contribution >= 0.6 is 45.2 Å². The van der Waals surface area contributed by atoms with Crippen LogP contribution in [-0.4, -0.2) is 22.7 Å². The van der Waals surface area contributed by atoms with E-state index in [9.17, 15) is 18.0 Å². The molecule has 22 heavy (non-hydrogen) atoms. The van der Waals surface area contributed by atoms with Crippen molar-refractivity contribution in [3.8, 4) is 0 Å². The Morgan fingerprint density at radius 1 is 1.14 bits per heavy atom. The van der Waals surface area contributed by atoms with Crippen molar-refractivity contribution < 1.29 is 22.7 Å². The van der Waals surface area contributed by atoms with Crippen molar-refractivity contribution in [2.24, 2.45) is 0 Å². The second-order valence-corrected chi connectivity index (χ2v) is 7.90. The van der Waals surface area contributed by atoms with E-state index in [1.807, 2.05) is 12.1 Å². The summed E-state index contributed by atoms with van der Waals surface area (Å²) < 4.78 is 42.4. The normalized spacial score (nSPS) is 13.0. The van der Waals surface area contributed by atoms with Crippen LogP contribution in [0, 0.1) is 3.57 Å². The van der Waals surface area contributed by atoms with Gasteiger partial charge in [-0.1, -0.05) is 22.6 Å². The first kappa shape index (κ1) is 20.0. The summed E-state index contributed by atoms with van der Waals surface area (Å²) in [6.45, 7) is 0.299. The fourth-order valence-electron chi connectivity index (χ4n) is 1.77. The number of carbonyl (C=O) groups excluding carboxylic acids is 1. The maximum absolute atomic E-state index is 12.1. The summed E-state index contributed by atoms with van der Waals surface area (Å²) in [7, 11) is 0. The van der Waals surface area contributed by atoms with Gasteiger partial charge in [0.1, 0.15) is 0 Å². The fourth-order valence-corrected chi connectivity index (χ4v) is 2.88. The number of rotatable bonds is 8. The van der Waals surface area contributed by atoms with Crippen LogP contribution in [0.25, 0.3) is 0 Å². The van der Waals surface area contributed by atoms with E-state index in [1.54, 1.807) is 12.1 Å². The molecular formula is C15H17F3I2O2. The third kappa shape index (κ3) is 9.16. The van der Waals surface area contributed by atoms with E-state index in [-0.39, 0.29) is 16.3 Å². The minimum atomic E-state index is -4.08. The van der Waals surface area contributed by atoms with Crippen molar-refractivity contribution >= 4 is 51.2 Å². The first-order chi connectivity index (χ1) is 10.3. The highest BCUT2D eigenvalue weighted by Gasteiger charge is 2.27. The second kappa shape index (κ2) is 9.94. The Bertz CT molecular complexity index is 461. The Morgan fingerprint density at radius 2 is 1.77 bits per heavy atom. The van der Waals surface area contributed by atoms with Crippen LogP contribution in [0.4, 0.5) is 13.2 Å². The zero-order chi connectivity index (χ0) is 16.6. The third-order valence-corrected chi connectivity index (χ3v) is 4.93. The molecule has 0 heterocycles. The molecule has 1 aromatic carbocycles. The number of carbonyl (C=O) groups is 1. The Morgan fingerprint density at radius 3 is 2.36 bits per heavy atom. The van der Waals surface area contributed by atoms with E-state index >= 15 is 0 Å². The molecule has 0 saturated carbocycles. The Labute approximate surface area is 155 Å². The lowest BCUT2D eigenvalue weighted by Gasteiger charge is -2.11. The molecule has 1 atom stereocenters. The van der Waals surface area contributed by atoms with Gasteiger partial charge in [-0.3, -0.25) is 0 Å². The first-order valence-corrected chi connectivity index (χ1v) is 9.24. The van der Waals surface area contributed by atoms with Crippen LogP contribution in [0.5, 0.6) is 0 Å². The predicted molar refractivity (Wildman–Crippen MR) is 96.4 cm³/mol. The fraction of sp³-hybridized carbons (Fsp3) is 0.533. The van der Waals surface area contributed by atoms with Crippen LogP contribution in [-0.2, 0) is 4.74 Å². The molecule has 0 aliphatic carbocycles. The van der Waals surface area contributed by atoms with Crippen molar-refractivity contribution in [3.05, 3.63) is 33.4 Å². The van der Waals surface area contributed by atoms with Crippen molar-refractivity contribution in [2.45, 2.75) is 42.2 Å². The van der Waals surface area contributed by atoms with Gasteiger partial charge in [0.15, 0.2) is 0 Å². The Balaban J connectivity index is 2.12. The molecular weight excluding hydrogens is 523 g/mol. The van der Waals surface area contributed by atoms with Gasteiger partial charge in [0.25, 0.3) is 0 Å². The quantitative estimate of drug-likeness (QED) is 0.182. The van der Waals surface area contributed by atoms with Crippen molar-refractivity contribution in [2.75, 3.05) is 6.61 Å². The summed E-state index contributed by atoms with van der Waals surface area (Å²) in [6.07, 6.45) is -2.54. The Kier molecular flexibility index (Phi) is 9.03. The van der Waals surface area contributed by atoms with E-state index in [4.69, 9.17) is 4.74 Å². The van der Waals surface area contributed by atoms with Crippen LogP contribution in [0.2, 0.25) is 0 Å². The number of hydrogen-bond acceptors (Lipinski definition) is 2. The average Bonchev–Trinajstić information content (AvgIpc) is 2.44. The minimum Gasteiger partial charge on any atom is -0.462 e. The van der Waals surface area contributed by atoms with Crippen molar-refractivity contribution in [1.82, 2.24) is 0 Å². The van der Waals surface area contributed by atoms with Crippen LogP contribution in [0.1, 0.15) is 42.5 Å². The molecule has 0 saturated heterocycles. The maximum atomic E-state index is 12.1. The van der Waals surface area contributed by atoms with Gasteiger partial charge in [-0.2, -0.15) is 13.2 Å². The SMILES string of the molecule is O=C(OCCCCC(I)CCC(F)(F)F)c1ccc(I)cc1. The van der Waals surface area contributed by atoms with Crippen LogP contribution in [0.3, 0.4) is 0 Å². The molecule has 0 aliphatic rings. The molecule has 0 fully saturated rings. The molecule has 124 valence electrons. The summed E-state index contributed by atoms with van der Waals surface area (Å²) in [5.74, 6) is -0.362. The number of ether oxygens (including phenoxy) is 1.